The van der Waals surface area contributed by atoms with Crippen LogP contribution >= 0.6 is 11.3 Å². The lowest BCUT2D eigenvalue weighted by Gasteiger charge is -2.15. The molecule has 0 fully saturated rings. The summed E-state index contributed by atoms with van der Waals surface area (Å²) in [4.78, 5) is 23.7. The summed E-state index contributed by atoms with van der Waals surface area (Å²) in [6, 6.07) is 21.6. The van der Waals surface area contributed by atoms with Crippen molar-refractivity contribution in [3.05, 3.63) is 99.9 Å². The Bertz CT molecular complexity index is 1340. The molecule has 1 amide bonds. The molecular formula is C27H27N3O5S. The average molecular weight is 506 g/mol. The van der Waals surface area contributed by atoms with E-state index in [1.165, 1.54) is 11.3 Å². The number of hydrogen-bond donors (Lipinski definition) is 6. The molecule has 1 aromatic heterocycles. The molecular weight excluding hydrogens is 478 g/mol. The second-order valence-corrected chi connectivity index (χ2v) is 9.57. The summed E-state index contributed by atoms with van der Waals surface area (Å²) in [5.41, 5.74) is 5.69. The van der Waals surface area contributed by atoms with Gasteiger partial charge in [0.2, 0.25) is 0 Å². The molecule has 0 aliphatic rings. The molecule has 4 aromatic rings. The molecule has 6 N–H and O–H groups in total. The van der Waals surface area contributed by atoms with Gasteiger partial charge in [0.25, 0.3) is 5.91 Å². The highest BCUT2D eigenvalue weighted by Gasteiger charge is 2.17. The average Bonchev–Trinajstić information content (AvgIpc) is 3.31. The van der Waals surface area contributed by atoms with Gasteiger partial charge < -0.3 is 20.8 Å². The van der Waals surface area contributed by atoms with Crippen molar-refractivity contribution in [2.24, 2.45) is 0 Å². The summed E-state index contributed by atoms with van der Waals surface area (Å²) in [5.74, 6) is -1.28. The van der Waals surface area contributed by atoms with E-state index in [4.69, 9.17) is 5.21 Å². The van der Waals surface area contributed by atoms with E-state index in [-0.39, 0.29) is 5.75 Å². The molecule has 0 spiro atoms. The Morgan fingerprint density at radius 3 is 2.08 bits per heavy atom. The number of phenols is 1. The van der Waals surface area contributed by atoms with Crippen molar-refractivity contribution in [2.45, 2.75) is 32.1 Å². The van der Waals surface area contributed by atoms with E-state index in [1.54, 1.807) is 35.8 Å². The summed E-state index contributed by atoms with van der Waals surface area (Å²) >= 11 is 1.33. The number of hydroxylamine groups is 1. The van der Waals surface area contributed by atoms with E-state index in [1.807, 2.05) is 42.5 Å². The first-order valence-corrected chi connectivity index (χ1v) is 12.2. The van der Waals surface area contributed by atoms with Gasteiger partial charge in [-0.3, -0.25) is 14.8 Å². The van der Waals surface area contributed by atoms with E-state index < -0.39 is 17.9 Å². The number of phenolic OH excluding ortho intramolecular Hbond substituents is 1. The molecule has 0 aliphatic heterocycles. The fourth-order valence-electron chi connectivity index (χ4n) is 3.83. The first-order chi connectivity index (χ1) is 17.4. The first kappa shape index (κ1) is 25.3. The van der Waals surface area contributed by atoms with Crippen LogP contribution in [0.15, 0.2) is 72.8 Å². The van der Waals surface area contributed by atoms with Crippen LogP contribution in [0.3, 0.4) is 0 Å². The monoisotopic (exact) mass is 505 g/mol. The van der Waals surface area contributed by atoms with Crippen LogP contribution in [0.4, 0.5) is 0 Å². The highest BCUT2D eigenvalue weighted by Crippen LogP contribution is 2.26. The van der Waals surface area contributed by atoms with Gasteiger partial charge in [-0.1, -0.05) is 48.5 Å². The third-order valence-electron chi connectivity index (χ3n) is 5.82. The molecule has 3 aromatic carbocycles. The van der Waals surface area contributed by atoms with Crippen LogP contribution in [0.2, 0.25) is 0 Å². The Balaban J connectivity index is 1.26. The van der Waals surface area contributed by atoms with Crippen LogP contribution < -0.4 is 16.1 Å². The number of thiophene rings is 1. The Labute approximate surface area is 212 Å². The minimum atomic E-state index is -0.919. The predicted octanol–water partition coefficient (Wildman–Crippen LogP) is 3.80. The molecule has 4 rings (SSSR count). The summed E-state index contributed by atoms with van der Waals surface area (Å²) in [6.45, 7) is 1.77. The van der Waals surface area contributed by atoms with Gasteiger partial charge in [-0.05, 0) is 58.3 Å². The number of aliphatic carboxylic acids is 1. The van der Waals surface area contributed by atoms with E-state index in [9.17, 15) is 19.8 Å². The quantitative estimate of drug-likeness (QED) is 0.135. The maximum Gasteiger partial charge on any atom is 0.321 e. The molecule has 0 saturated heterocycles. The second-order valence-electron chi connectivity index (χ2n) is 8.49. The van der Waals surface area contributed by atoms with Gasteiger partial charge >= 0.3 is 5.97 Å². The normalized spacial score (nSPS) is 11.9. The number of fused-ring (bicyclic) bond motifs is 1. The Hall–Kier alpha value is -3.76. The molecule has 0 bridgehead atoms. The third-order valence-corrected chi connectivity index (χ3v) is 6.91. The van der Waals surface area contributed by atoms with Crippen LogP contribution in [-0.2, 0) is 30.8 Å². The van der Waals surface area contributed by atoms with Crippen molar-refractivity contribution in [1.29, 1.82) is 0 Å². The second kappa shape index (κ2) is 11.8. The van der Waals surface area contributed by atoms with Crippen LogP contribution in [0, 0.1) is 0 Å². The maximum absolute atomic E-state index is 11.7. The minimum absolute atomic E-state index is 0.153. The SMILES string of the molecule is O=C(NO)c1cc2ccc(CNCc3ccc(CN[C@@H](Cc4ccc(O)cc4)C(=O)O)cc3)cc2s1. The standard InChI is InChI=1S/C27H27N3O5S/c31-22-9-6-17(7-10-22)11-23(27(33)34)29-16-19-3-1-18(2-4-19)14-28-15-20-5-8-21-13-25(26(32)30-35)36-24(21)12-20/h1-10,12-13,23,28-29,31,35H,11,14-16H2,(H,30,32)(H,33,34)/t23-/m0/s1. The number of carboxylic acids is 1. The fraction of sp³-hybridized carbons (Fsp3) is 0.185. The number of rotatable bonds is 11. The van der Waals surface area contributed by atoms with Crippen LogP contribution in [0.1, 0.15) is 31.9 Å². The maximum atomic E-state index is 11.7. The van der Waals surface area contributed by atoms with E-state index in [0.29, 0.717) is 30.9 Å². The lowest BCUT2D eigenvalue weighted by molar-refractivity contribution is -0.139. The smallest absolute Gasteiger partial charge is 0.321 e. The molecule has 8 nitrogen and oxygen atoms in total. The van der Waals surface area contributed by atoms with Gasteiger partial charge in [0.1, 0.15) is 11.8 Å². The summed E-state index contributed by atoms with van der Waals surface area (Å²) in [6.07, 6.45) is 0.324. The molecule has 186 valence electrons. The molecule has 0 aliphatic carbocycles. The molecule has 1 heterocycles. The van der Waals surface area contributed by atoms with Gasteiger partial charge in [0, 0.05) is 24.3 Å². The molecule has 36 heavy (non-hydrogen) atoms. The summed E-state index contributed by atoms with van der Waals surface area (Å²) < 4.78 is 0.981. The Morgan fingerprint density at radius 1 is 0.806 bits per heavy atom. The van der Waals surface area contributed by atoms with Crippen LogP contribution in [0.25, 0.3) is 10.1 Å². The zero-order valence-corrected chi connectivity index (χ0v) is 20.2. The summed E-state index contributed by atoms with van der Waals surface area (Å²) in [7, 11) is 0. The largest absolute Gasteiger partial charge is 0.508 e. The van der Waals surface area contributed by atoms with E-state index in [0.717, 1.165) is 32.3 Å². The van der Waals surface area contributed by atoms with Gasteiger partial charge in [-0.15, -0.1) is 11.3 Å². The molecule has 0 radical (unpaired) electrons. The zero-order chi connectivity index (χ0) is 25.5. The fourth-order valence-corrected chi connectivity index (χ4v) is 4.85. The number of nitrogens with one attached hydrogen (secondary N) is 3. The number of carbonyl (C=O) groups excluding carboxylic acids is 1. The molecule has 0 unspecified atom stereocenters. The van der Waals surface area contributed by atoms with Crippen LogP contribution in [-0.4, -0.2) is 33.3 Å². The Kier molecular flexibility index (Phi) is 8.29. The van der Waals surface area contributed by atoms with Gasteiger partial charge in [-0.25, -0.2) is 5.48 Å². The molecule has 1 atom stereocenters. The van der Waals surface area contributed by atoms with E-state index in [2.05, 4.69) is 10.6 Å². The van der Waals surface area contributed by atoms with Gasteiger partial charge in [0.15, 0.2) is 0 Å². The van der Waals surface area contributed by atoms with Crippen molar-refractivity contribution in [2.75, 3.05) is 0 Å². The van der Waals surface area contributed by atoms with Crippen molar-refractivity contribution in [1.82, 2.24) is 16.1 Å². The highest BCUT2D eigenvalue weighted by molar-refractivity contribution is 7.20. The lowest BCUT2D eigenvalue weighted by atomic mass is 10.1. The number of carbonyl (C=O) groups is 2. The number of carboxylic acid groups (broad SMARTS) is 1. The lowest BCUT2D eigenvalue weighted by Crippen LogP contribution is -2.38. The zero-order valence-electron chi connectivity index (χ0n) is 19.4. The molecule has 9 heteroatoms. The summed E-state index contributed by atoms with van der Waals surface area (Å²) in [5, 5.41) is 35.2. The number of aromatic hydroxyl groups is 1. The van der Waals surface area contributed by atoms with Crippen molar-refractivity contribution < 1.29 is 25.0 Å². The minimum Gasteiger partial charge on any atom is -0.508 e. The molecule has 0 saturated carbocycles. The number of hydrogen-bond acceptors (Lipinski definition) is 7. The highest BCUT2D eigenvalue weighted by atomic mass is 32.1. The van der Waals surface area contributed by atoms with Gasteiger partial charge in [-0.2, -0.15) is 0 Å². The third kappa shape index (κ3) is 6.67. The van der Waals surface area contributed by atoms with Crippen molar-refractivity contribution in [3.63, 3.8) is 0 Å². The first-order valence-electron chi connectivity index (χ1n) is 11.4. The predicted molar refractivity (Wildman–Crippen MR) is 138 cm³/mol. The Morgan fingerprint density at radius 2 is 1.42 bits per heavy atom. The van der Waals surface area contributed by atoms with Crippen LogP contribution in [0.5, 0.6) is 5.75 Å². The number of benzene rings is 3. The van der Waals surface area contributed by atoms with Crippen molar-refractivity contribution >= 4 is 33.3 Å². The topological polar surface area (TPSA) is 131 Å². The van der Waals surface area contributed by atoms with Crippen molar-refractivity contribution in [3.8, 4) is 5.75 Å². The van der Waals surface area contributed by atoms with E-state index >= 15 is 0 Å². The van der Waals surface area contributed by atoms with Gasteiger partial charge in [0.05, 0.1) is 4.88 Å². The number of amides is 1.